The lowest BCUT2D eigenvalue weighted by molar-refractivity contribution is 0.0957. The number of nitrogens with one attached hydrogen (secondary N) is 2. The minimum Gasteiger partial charge on any atom is -0.368 e. The minimum atomic E-state index is -0.261. The van der Waals surface area contributed by atoms with Crippen LogP contribution in [0.2, 0.25) is 10.0 Å². The van der Waals surface area contributed by atoms with Crippen molar-refractivity contribution in [3.05, 3.63) is 51.6 Å². The van der Waals surface area contributed by atoms with Gasteiger partial charge in [0.15, 0.2) is 5.69 Å². The first-order valence-electron chi connectivity index (χ1n) is 6.33. The van der Waals surface area contributed by atoms with Gasteiger partial charge in [0.05, 0.1) is 0 Å². The Kier molecular flexibility index (Phi) is 5.36. The third-order valence-corrected chi connectivity index (χ3v) is 3.20. The molecular weight excluding hydrogens is 311 g/mol. The summed E-state index contributed by atoms with van der Waals surface area (Å²) in [5, 5.41) is 14.6. The van der Waals surface area contributed by atoms with E-state index in [-0.39, 0.29) is 11.6 Å². The molecule has 0 saturated heterocycles. The Balaban J connectivity index is 1.90. The molecule has 7 heteroatoms. The van der Waals surface area contributed by atoms with Crippen molar-refractivity contribution in [3.8, 4) is 0 Å². The molecule has 1 aromatic heterocycles. The fourth-order valence-corrected chi connectivity index (χ4v) is 2.34. The molecule has 21 heavy (non-hydrogen) atoms. The van der Waals surface area contributed by atoms with Gasteiger partial charge in [-0.25, -0.2) is 0 Å². The maximum atomic E-state index is 11.3. The van der Waals surface area contributed by atoms with E-state index in [9.17, 15) is 4.79 Å². The van der Waals surface area contributed by atoms with Gasteiger partial charge in [-0.1, -0.05) is 23.2 Å². The van der Waals surface area contributed by atoms with Crippen LogP contribution in [0.5, 0.6) is 0 Å². The third-order valence-electron chi connectivity index (χ3n) is 2.77. The first-order valence-corrected chi connectivity index (χ1v) is 7.09. The summed E-state index contributed by atoms with van der Waals surface area (Å²) in [7, 11) is 1.55. The molecule has 0 bridgehead atoms. The Morgan fingerprint density at radius 3 is 2.43 bits per heavy atom. The second-order valence-electron chi connectivity index (χ2n) is 4.34. The zero-order valence-electron chi connectivity index (χ0n) is 11.4. The standard InChI is InChI=1S/C14H14Cl2N4O/c1-17-14(21)12-2-3-13(20-19-12)18-5-4-9-6-10(15)8-11(16)7-9/h2-3,6-8H,4-5H2,1H3,(H,17,21)(H,18,20). The van der Waals surface area contributed by atoms with Crippen LogP contribution in [0.15, 0.2) is 30.3 Å². The van der Waals surface area contributed by atoms with Crippen molar-refractivity contribution in [1.82, 2.24) is 15.5 Å². The molecule has 0 unspecified atom stereocenters. The van der Waals surface area contributed by atoms with Crippen LogP contribution in [0.25, 0.3) is 0 Å². The Hall–Kier alpha value is -1.85. The average Bonchev–Trinajstić information content (AvgIpc) is 2.46. The van der Waals surface area contributed by atoms with Gasteiger partial charge in [0, 0.05) is 23.6 Å². The summed E-state index contributed by atoms with van der Waals surface area (Å²) in [5.74, 6) is 0.346. The molecule has 5 nitrogen and oxygen atoms in total. The van der Waals surface area contributed by atoms with Crippen molar-refractivity contribution in [1.29, 1.82) is 0 Å². The van der Waals surface area contributed by atoms with Crippen LogP contribution in [0.1, 0.15) is 16.1 Å². The van der Waals surface area contributed by atoms with Crippen LogP contribution < -0.4 is 10.6 Å². The number of nitrogens with zero attached hydrogens (tertiary/aromatic N) is 2. The first-order chi connectivity index (χ1) is 10.1. The van der Waals surface area contributed by atoms with Gasteiger partial charge in [0.2, 0.25) is 0 Å². The zero-order chi connectivity index (χ0) is 15.2. The zero-order valence-corrected chi connectivity index (χ0v) is 12.9. The van der Waals surface area contributed by atoms with E-state index in [0.717, 1.165) is 12.0 Å². The third kappa shape index (κ3) is 4.58. The summed E-state index contributed by atoms with van der Waals surface area (Å²) >= 11 is 11.9. The molecule has 0 saturated carbocycles. The molecule has 0 aliphatic rings. The molecule has 0 aliphatic heterocycles. The van der Waals surface area contributed by atoms with E-state index in [0.29, 0.717) is 22.4 Å². The smallest absolute Gasteiger partial charge is 0.271 e. The molecule has 0 fully saturated rings. The van der Waals surface area contributed by atoms with Crippen molar-refractivity contribution < 1.29 is 4.79 Å². The Bertz CT molecular complexity index is 611. The molecule has 0 radical (unpaired) electrons. The summed E-state index contributed by atoms with van der Waals surface area (Å²) in [6, 6.07) is 8.76. The highest BCUT2D eigenvalue weighted by Crippen LogP contribution is 2.19. The SMILES string of the molecule is CNC(=O)c1ccc(NCCc2cc(Cl)cc(Cl)c2)nn1. The van der Waals surface area contributed by atoms with Crippen molar-refractivity contribution in [2.24, 2.45) is 0 Å². The second kappa shape index (κ2) is 7.24. The summed E-state index contributed by atoms with van der Waals surface area (Å²) < 4.78 is 0. The average molecular weight is 325 g/mol. The Morgan fingerprint density at radius 2 is 1.86 bits per heavy atom. The van der Waals surface area contributed by atoms with Gasteiger partial charge in [-0.3, -0.25) is 4.79 Å². The molecule has 1 aromatic carbocycles. The quantitative estimate of drug-likeness (QED) is 0.887. The largest absolute Gasteiger partial charge is 0.368 e. The number of hydrogen-bond donors (Lipinski definition) is 2. The van der Waals surface area contributed by atoms with Crippen LogP contribution >= 0.6 is 23.2 Å². The molecule has 0 aliphatic carbocycles. The molecule has 2 aromatic rings. The Morgan fingerprint density at radius 1 is 1.14 bits per heavy atom. The second-order valence-corrected chi connectivity index (χ2v) is 5.21. The van der Waals surface area contributed by atoms with Crippen LogP contribution in [-0.4, -0.2) is 29.7 Å². The van der Waals surface area contributed by atoms with Gasteiger partial charge in [0.25, 0.3) is 5.91 Å². The van der Waals surface area contributed by atoms with E-state index < -0.39 is 0 Å². The number of hydrogen-bond acceptors (Lipinski definition) is 4. The fourth-order valence-electron chi connectivity index (χ4n) is 1.77. The highest BCUT2D eigenvalue weighted by Gasteiger charge is 2.05. The molecule has 0 atom stereocenters. The predicted octanol–water partition coefficient (Wildman–Crippen LogP) is 2.80. The minimum absolute atomic E-state index is 0.261. The van der Waals surface area contributed by atoms with Crippen molar-refractivity contribution in [2.75, 3.05) is 18.9 Å². The van der Waals surface area contributed by atoms with E-state index in [4.69, 9.17) is 23.2 Å². The summed E-state index contributed by atoms with van der Waals surface area (Å²) in [6.07, 6.45) is 0.749. The maximum Gasteiger partial charge on any atom is 0.271 e. The lowest BCUT2D eigenvalue weighted by atomic mass is 10.1. The van der Waals surface area contributed by atoms with E-state index in [2.05, 4.69) is 20.8 Å². The van der Waals surface area contributed by atoms with Gasteiger partial charge in [-0.15, -0.1) is 10.2 Å². The number of benzene rings is 1. The van der Waals surface area contributed by atoms with Crippen LogP contribution in [0.3, 0.4) is 0 Å². The molecular formula is C14H14Cl2N4O. The highest BCUT2D eigenvalue weighted by molar-refractivity contribution is 6.34. The van der Waals surface area contributed by atoms with E-state index in [1.54, 1.807) is 25.2 Å². The number of carbonyl (C=O) groups excluding carboxylic acids is 1. The lowest BCUT2D eigenvalue weighted by Gasteiger charge is -2.06. The maximum absolute atomic E-state index is 11.3. The molecule has 1 amide bonds. The lowest BCUT2D eigenvalue weighted by Crippen LogP contribution is -2.20. The molecule has 2 N–H and O–H groups in total. The van der Waals surface area contributed by atoms with Crippen molar-refractivity contribution in [3.63, 3.8) is 0 Å². The number of anilines is 1. The predicted molar refractivity (Wildman–Crippen MR) is 84.1 cm³/mol. The highest BCUT2D eigenvalue weighted by atomic mass is 35.5. The first kappa shape index (κ1) is 15.5. The van der Waals surface area contributed by atoms with Crippen LogP contribution in [0, 0.1) is 0 Å². The Labute approximate surface area is 132 Å². The van der Waals surface area contributed by atoms with Gasteiger partial charge >= 0.3 is 0 Å². The van der Waals surface area contributed by atoms with Crippen LogP contribution in [0.4, 0.5) is 5.82 Å². The number of amides is 1. The number of halogens is 2. The fraction of sp³-hybridized carbons (Fsp3) is 0.214. The van der Waals surface area contributed by atoms with Gasteiger partial charge in [-0.2, -0.15) is 0 Å². The van der Waals surface area contributed by atoms with Gasteiger partial charge < -0.3 is 10.6 Å². The summed E-state index contributed by atoms with van der Waals surface area (Å²) in [5.41, 5.74) is 1.32. The molecule has 1 heterocycles. The van der Waals surface area contributed by atoms with E-state index in [1.165, 1.54) is 0 Å². The van der Waals surface area contributed by atoms with E-state index in [1.807, 2.05) is 12.1 Å². The molecule has 0 spiro atoms. The molecule has 110 valence electrons. The number of rotatable bonds is 5. The van der Waals surface area contributed by atoms with E-state index >= 15 is 0 Å². The van der Waals surface area contributed by atoms with Crippen molar-refractivity contribution in [2.45, 2.75) is 6.42 Å². The molecule has 2 rings (SSSR count). The summed E-state index contributed by atoms with van der Waals surface area (Å²) in [6.45, 7) is 0.657. The summed E-state index contributed by atoms with van der Waals surface area (Å²) in [4.78, 5) is 11.3. The van der Waals surface area contributed by atoms with Crippen LogP contribution in [-0.2, 0) is 6.42 Å². The topological polar surface area (TPSA) is 66.9 Å². The van der Waals surface area contributed by atoms with Gasteiger partial charge in [-0.05, 0) is 42.3 Å². The number of aromatic nitrogens is 2. The normalized spacial score (nSPS) is 10.2. The number of carbonyl (C=O) groups is 1. The van der Waals surface area contributed by atoms with Gasteiger partial charge in [0.1, 0.15) is 5.82 Å². The monoisotopic (exact) mass is 324 g/mol. The van der Waals surface area contributed by atoms with Crippen molar-refractivity contribution >= 4 is 34.9 Å².